The fourth-order valence-electron chi connectivity index (χ4n) is 1.73. The van der Waals surface area contributed by atoms with Crippen LogP contribution in [-0.4, -0.2) is 23.6 Å². The first-order chi connectivity index (χ1) is 8.15. The molecule has 1 heterocycles. The van der Waals surface area contributed by atoms with E-state index in [1.807, 2.05) is 12.1 Å². The summed E-state index contributed by atoms with van der Waals surface area (Å²) in [4.78, 5) is 21.5. The number of amides is 1. The first-order valence-corrected chi connectivity index (χ1v) is 5.42. The van der Waals surface area contributed by atoms with E-state index < -0.39 is 5.97 Å². The van der Waals surface area contributed by atoms with Crippen LogP contribution in [0.25, 0.3) is 0 Å². The Morgan fingerprint density at radius 1 is 1.47 bits per heavy atom. The molecule has 1 aromatic rings. The zero-order valence-corrected chi connectivity index (χ0v) is 9.23. The van der Waals surface area contributed by atoms with Gasteiger partial charge in [-0.2, -0.15) is 0 Å². The number of aliphatic carboxylic acids is 1. The normalized spacial score (nSPS) is 13.5. The summed E-state index contributed by atoms with van der Waals surface area (Å²) in [7, 11) is 0. The van der Waals surface area contributed by atoms with Gasteiger partial charge in [0.2, 0.25) is 0 Å². The average molecular weight is 235 g/mol. The molecule has 2 rings (SSSR count). The highest BCUT2D eigenvalue weighted by atomic mass is 16.5. The zero-order chi connectivity index (χ0) is 12.3. The van der Waals surface area contributed by atoms with Crippen molar-refractivity contribution in [1.29, 1.82) is 0 Å². The van der Waals surface area contributed by atoms with Gasteiger partial charge in [0, 0.05) is 6.42 Å². The molecule has 1 aliphatic rings. The molecule has 0 radical (unpaired) electrons. The monoisotopic (exact) mass is 235 g/mol. The van der Waals surface area contributed by atoms with E-state index in [0.29, 0.717) is 24.3 Å². The van der Waals surface area contributed by atoms with Crippen LogP contribution in [0.2, 0.25) is 0 Å². The Balaban J connectivity index is 2.02. The number of hydrogen-bond acceptors (Lipinski definition) is 3. The summed E-state index contributed by atoms with van der Waals surface area (Å²) >= 11 is 0. The maximum absolute atomic E-state index is 11.1. The minimum Gasteiger partial charge on any atom is -0.482 e. The minimum absolute atomic E-state index is 0.0470. The summed E-state index contributed by atoms with van der Waals surface area (Å²) in [5.41, 5.74) is 1.66. The molecule has 0 unspecified atom stereocenters. The van der Waals surface area contributed by atoms with Gasteiger partial charge in [0.1, 0.15) is 5.75 Å². The summed E-state index contributed by atoms with van der Waals surface area (Å²) in [6.07, 6.45) is 1.41. The number of ether oxygens (including phenoxy) is 1. The lowest BCUT2D eigenvalue weighted by molar-refractivity contribution is -0.137. The number of hydrogen-bond donors (Lipinski definition) is 2. The Bertz CT molecular complexity index is 456. The second-order valence-corrected chi connectivity index (χ2v) is 3.91. The average Bonchev–Trinajstić information content (AvgIpc) is 2.28. The molecular formula is C12H13NO4. The van der Waals surface area contributed by atoms with Crippen molar-refractivity contribution in [1.82, 2.24) is 0 Å². The quantitative estimate of drug-likeness (QED) is 0.827. The number of aryl methyl sites for hydroxylation is 1. The smallest absolute Gasteiger partial charge is 0.303 e. The number of nitrogens with one attached hydrogen (secondary N) is 1. The van der Waals surface area contributed by atoms with Crippen molar-refractivity contribution >= 4 is 17.6 Å². The lowest BCUT2D eigenvalue weighted by atomic mass is 10.1. The predicted octanol–water partition coefficient (Wildman–Crippen LogP) is 1.42. The number of anilines is 1. The van der Waals surface area contributed by atoms with Crippen LogP contribution in [0.3, 0.4) is 0 Å². The second kappa shape index (κ2) is 4.86. The third-order valence-electron chi connectivity index (χ3n) is 2.53. The number of rotatable bonds is 4. The molecule has 5 heteroatoms. The van der Waals surface area contributed by atoms with E-state index in [0.717, 1.165) is 5.56 Å². The van der Waals surface area contributed by atoms with Crippen LogP contribution in [0.15, 0.2) is 18.2 Å². The standard InChI is InChI=1S/C12H13NO4/c14-11-7-17-10-5-4-8(6-9(10)13-11)2-1-3-12(15)16/h4-6H,1-3,7H2,(H,13,14)(H,15,16). The van der Waals surface area contributed by atoms with Gasteiger partial charge < -0.3 is 15.2 Å². The van der Waals surface area contributed by atoms with Gasteiger partial charge in [-0.05, 0) is 30.5 Å². The van der Waals surface area contributed by atoms with Gasteiger partial charge >= 0.3 is 5.97 Å². The maximum atomic E-state index is 11.1. The van der Waals surface area contributed by atoms with Crippen LogP contribution in [0.4, 0.5) is 5.69 Å². The van der Waals surface area contributed by atoms with Crippen molar-refractivity contribution in [2.24, 2.45) is 0 Å². The summed E-state index contributed by atoms with van der Waals surface area (Å²) in [5, 5.41) is 11.3. The lowest BCUT2D eigenvalue weighted by Gasteiger charge is -2.18. The zero-order valence-electron chi connectivity index (χ0n) is 9.23. The molecule has 0 fully saturated rings. The van der Waals surface area contributed by atoms with E-state index in [-0.39, 0.29) is 18.9 Å². The molecule has 0 saturated carbocycles. The number of carbonyl (C=O) groups is 2. The molecule has 0 aliphatic carbocycles. The second-order valence-electron chi connectivity index (χ2n) is 3.91. The van der Waals surface area contributed by atoms with Gasteiger partial charge in [-0.1, -0.05) is 6.07 Å². The van der Waals surface area contributed by atoms with E-state index in [2.05, 4.69) is 5.32 Å². The largest absolute Gasteiger partial charge is 0.482 e. The molecule has 5 nitrogen and oxygen atoms in total. The summed E-state index contributed by atoms with van der Waals surface area (Å²) < 4.78 is 5.23. The molecule has 1 amide bonds. The molecule has 0 spiro atoms. The SMILES string of the molecule is O=C(O)CCCc1ccc2c(c1)NC(=O)CO2. The van der Waals surface area contributed by atoms with E-state index in [1.54, 1.807) is 6.07 Å². The van der Waals surface area contributed by atoms with Gasteiger partial charge in [0.05, 0.1) is 5.69 Å². The third-order valence-corrected chi connectivity index (χ3v) is 2.53. The number of carbonyl (C=O) groups excluding carboxylic acids is 1. The van der Waals surface area contributed by atoms with Crippen LogP contribution in [0.5, 0.6) is 5.75 Å². The van der Waals surface area contributed by atoms with Crippen molar-refractivity contribution in [2.75, 3.05) is 11.9 Å². The molecule has 0 bridgehead atoms. The molecule has 0 atom stereocenters. The third kappa shape index (κ3) is 2.96. The van der Waals surface area contributed by atoms with Gasteiger partial charge in [-0.25, -0.2) is 0 Å². The van der Waals surface area contributed by atoms with Crippen LogP contribution in [0.1, 0.15) is 18.4 Å². The highest BCUT2D eigenvalue weighted by molar-refractivity contribution is 5.95. The molecular weight excluding hydrogens is 222 g/mol. The number of fused-ring (bicyclic) bond motifs is 1. The number of benzene rings is 1. The molecule has 0 saturated heterocycles. The molecule has 0 aromatic heterocycles. The van der Waals surface area contributed by atoms with Crippen LogP contribution >= 0.6 is 0 Å². The van der Waals surface area contributed by atoms with Gasteiger partial charge in [-0.3, -0.25) is 9.59 Å². The van der Waals surface area contributed by atoms with Crippen LogP contribution < -0.4 is 10.1 Å². The summed E-state index contributed by atoms with van der Waals surface area (Å²) in [5.74, 6) is -0.300. The Morgan fingerprint density at radius 3 is 3.06 bits per heavy atom. The summed E-state index contributed by atoms with van der Waals surface area (Å²) in [6, 6.07) is 5.51. The van der Waals surface area contributed by atoms with Crippen LogP contribution in [-0.2, 0) is 16.0 Å². The van der Waals surface area contributed by atoms with Crippen molar-refractivity contribution in [3.63, 3.8) is 0 Å². The Hall–Kier alpha value is -2.04. The molecule has 1 aromatic carbocycles. The maximum Gasteiger partial charge on any atom is 0.303 e. The topological polar surface area (TPSA) is 75.6 Å². The first kappa shape index (κ1) is 11.4. The Labute approximate surface area is 98.4 Å². The highest BCUT2D eigenvalue weighted by Gasteiger charge is 2.15. The van der Waals surface area contributed by atoms with E-state index >= 15 is 0 Å². The Morgan fingerprint density at radius 2 is 2.29 bits per heavy atom. The van der Waals surface area contributed by atoms with Crippen molar-refractivity contribution < 1.29 is 19.4 Å². The fraction of sp³-hybridized carbons (Fsp3) is 0.333. The predicted molar refractivity (Wildman–Crippen MR) is 61.1 cm³/mol. The molecule has 17 heavy (non-hydrogen) atoms. The number of carboxylic acids is 1. The minimum atomic E-state index is -0.792. The van der Waals surface area contributed by atoms with Crippen molar-refractivity contribution in [3.8, 4) is 5.75 Å². The van der Waals surface area contributed by atoms with Gasteiger partial charge in [0.15, 0.2) is 6.61 Å². The van der Waals surface area contributed by atoms with E-state index in [1.165, 1.54) is 0 Å². The van der Waals surface area contributed by atoms with Gasteiger partial charge in [-0.15, -0.1) is 0 Å². The van der Waals surface area contributed by atoms with Crippen molar-refractivity contribution in [2.45, 2.75) is 19.3 Å². The van der Waals surface area contributed by atoms with E-state index in [9.17, 15) is 9.59 Å². The van der Waals surface area contributed by atoms with E-state index in [4.69, 9.17) is 9.84 Å². The molecule has 2 N–H and O–H groups in total. The van der Waals surface area contributed by atoms with Gasteiger partial charge in [0.25, 0.3) is 5.91 Å². The molecule has 1 aliphatic heterocycles. The van der Waals surface area contributed by atoms with Crippen molar-refractivity contribution in [3.05, 3.63) is 23.8 Å². The van der Waals surface area contributed by atoms with Crippen LogP contribution in [0, 0.1) is 0 Å². The summed E-state index contributed by atoms with van der Waals surface area (Å²) in [6.45, 7) is 0.0470. The fourth-order valence-corrected chi connectivity index (χ4v) is 1.73. The first-order valence-electron chi connectivity index (χ1n) is 5.42. The Kier molecular flexibility index (Phi) is 3.27. The number of carboxylic acid groups (broad SMARTS) is 1. The molecule has 90 valence electrons. The lowest BCUT2D eigenvalue weighted by Crippen LogP contribution is -2.25. The highest BCUT2D eigenvalue weighted by Crippen LogP contribution is 2.28.